The summed E-state index contributed by atoms with van der Waals surface area (Å²) in [6, 6.07) is 1.70. The van der Waals surface area contributed by atoms with Crippen molar-refractivity contribution in [1.82, 2.24) is 4.98 Å². The summed E-state index contributed by atoms with van der Waals surface area (Å²) in [6.45, 7) is 5.95. The quantitative estimate of drug-likeness (QED) is 0.827. The Morgan fingerprint density at radius 2 is 2.08 bits per heavy atom. The highest BCUT2D eigenvalue weighted by Gasteiger charge is 2.14. The van der Waals surface area contributed by atoms with E-state index in [-0.39, 0.29) is 5.60 Å². The summed E-state index contributed by atoms with van der Waals surface area (Å²) in [4.78, 5) is 3.92. The van der Waals surface area contributed by atoms with Crippen LogP contribution in [0.2, 0.25) is 0 Å². The largest absolute Gasteiger partial charge is 0.487 e. The highest BCUT2D eigenvalue weighted by Crippen LogP contribution is 2.28. The first-order chi connectivity index (χ1) is 5.88. The molecule has 0 unspecified atom stereocenters. The standard InChI is InChI=1S/C9H13BrN2O/c1-9(2,3)13-7-4-8(11)12-5-6(7)10/h4-5H,1-3H3,(H2,11,12). The van der Waals surface area contributed by atoms with Crippen LogP contribution in [-0.2, 0) is 0 Å². The fourth-order valence-corrected chi connectivity index (χ4v) is 1.14. The maximum atomic E-state index is 5.65. The van der Waals surface area contributed by atoms with Crippen molar-refractivity contribution in [3.8, 4) is 5.75 Å². The minimum absolute atomic E-state index is 0.226. The highest BCUT2D eigenvalue weighted by molar-refractivity contribution is 9.10. The molecule has 2 N–H and O–H groups in total. The fourth-order valence-electron chi connectivity index (χ4n) is 0.843. The van der Waals surface area contributed by atoms with E-state index in [0.29, 0.717) is 5.82 Å². The monoisotopic (exact) mass is 244 g/mol. The van der Waals surface area contributed by atoms with Crippen LogP contribution in [0.5, 0.6) is 5.75 Å². The number of nitrogen functional groups attached to an aromatic ring is 1. The number of aromatic nitrogens is 1. The first-order valence-corrected chi connectivity index (χ1v) is 4.78. The molecule has 0 fully saturated rings. The normalized spacial score (nSPS) is 11.4. The van der Waals surface area contributed by atoms with Gasteiger partial charge in [0.05, 0.1) is 4.47 Å². The Bertz CT molecular complexity index is 307. The summed E-state index contributed by atoms with van der Waals surface area (Å²) in [5, 5.41) is 0. The first kappa shape index (κ1) is 10.3. The number of nitrogens with two attached hydrogens (primary N) is 1. The summed E-state index contributed by atoms with van der Waals surface area (Å²) in [5.74, 6) is 1.18. The first-order valence-electron chi connectivity index (χ1n) is 3.98. The number of anilines is 1. The van der Waals surface area contributed by atoms with Crippen LogP contribution in [0, 0.1) is 0 Å². The lowest BCUT2D eigenvalue weighted by atomic mass is 10.2. The Kier molecular flexibility index (Phi) is 2.81. The smallest absolute Gasteiger partial charge is 0.139 e. The highest BCUT2D eigenvalue weighted by atomic mass is 79.9. The topological polar surface area (TPSA) is 48.1 Å². The van der Waals surface area contributed by atoms with Crippen LogP contribution in [0.4, 0.5) is 5.82 Å². The number of rotatable bonds is 1. The van der Waals surface area contributed by atoms with Gasteiger partial charge in [0.2, 0.25) is 0 Å². The van der Waals surface area contributed by atoms with Gasteiger partial charge < -0.3 is 10.5 Å². The zero-order valence-electron chi connectivity index (χ0n) is 7.97. The van der Waals surface area contributed by atoms with Crippen molar-refractivity contribution in [2.24, 2.45) is 0 Å². The minimum Gasteiger partial charge on any atom is -0.487 e. The van der Waals surface area contributed by atoms with Crippen LogP contribution >= 0.6 is 15.9 Å². The molecule has 1 aromatic rings. The maximum absolute atomic E-state index is 5.65. The maximum Gasteiger partial charge on any atom is 0.139 e. The van der Waals surface area contributed by atoms with E-state index in [1.165, 1.54) is 0 Å². The van der Waals surface area contributed by atoms with Gasteiger partial charge in [-0.3, -0.25) is 0 Å². The molecule has 1 rings (SSSR count). The van der Waals surface area contributed by atoms with Crippen molar-refractivity contribution in [3.63, 3.8) is 0 Å². The van der Waals surface area contributed by atoms with E-state index in [9.17, 15) is 0 Å². The summed E-state index contributed by atoms with van der Waals surface area (Å²) < 4.78 is 6.46. The number of ether oxygens (including phenoxy) is 1. The van der Waals surface area contributed by atoms with E-state index in [2.05, 4.69) is 20.9 Å². The van der Waals surface area contributed by atoms with Gasteiger partial charge in [-0.1, -0.05) is 0 Å². The van der Waals surface area contributed by atoms with Gasteiger partial charge in [-0.25, -0.2) is 4.98 Å². The van der Waals surface area contributed by atoms with Crippen molar-refractivity contribution >= 4 is 21.7 Å². The van der Waals surface area contributed by atoms with Crippen molar-refractivity contribution < 1.29 is 4.74 Å². The second-order valence-corrected chi connectivity index (χ2v) is 4.61. The molecule has 0 aliphatic heterocycles. The molecule has 0 spiro atoms. The molecule has 0 atom stereocenters. The van der Waals surface area contributed by atoms with E-state index in [1.54, 1.807) is 12.3 Å². The number of hydrogen-bond acceptors (Lipinski definition) is 3. The van der Waals surface area contributed by atoms with Crippen molar-refractivity contribution in [2.75, 3.05) is 5.73 Å². The summed E-state index contributed by atoms with van der Waals surface area (Å²) >= 11 is 3.34. The average molecular weight is 245 g/mol. The molecule has 0 aliphatic carbocycles. The van der Waals surface area contributed by atoms with Gasteiger partial charge in [-0.2, -0.15) is 0 Å². The Labute approximate surface area is 86.4 Å². The van der Waals surface area contributed by atoms with Gasteiger partial charge >= 0.3 is 0 Å². The van der Waals surface area contributed by atoms with Crippen LogP contribution in [0.3, 0.4) is 0 Å². The molecule has 0 aromatic carbocycles. The molecule has 0 saturated heterocycles. The molecule has 13 heavy (non-hydrogen) atoms. The number of pyridine rings is 1. The Morgan fingerprint density at radius 3 is 2.62 bits per heavy atom. The Hall–Kier alpha value is -0.770. The Balaban J connectivity index is 2.94. The van der Waals surface area contributed by atoms with Crippen molar-refractivity contribution in [1.29, 1.82) is 0 Å². The van der Waals surface area contributed by atoms with Crippen LogP contribution in [-0.4, -0.2) is 10.6 Å². The van der Waals surface area contributed by atoms with Gasteiger partial charge in [0.25, 0.3) is 0 Å². The molecule has 0 radical (unpaired) electrons. The number of hydrogen-bond donors (Lipinski definition) is 1. The van der Waals surface area contributed by atoms with Gasteiger partial charge in [-0.05, 0) is 36.7 Å². The van der Waals surface area contributed by atoms with Gasteiger partial charge in [0.15, 0.2) is 0 Å². The van der Waals surface area contributed by atoms with Crippen LogP contribution in [0.25, 0.3) is 0 Å². The Morgan fingerprint density at radius 1 is 1.46 bits per heavy atom. The third-order valence-electron chi connectivity index (χ3n) is 1.26. The summed E-state index contributed by atoms with van der Waals surface area (Å²) in [5.41, 5.74) is 5.31. The van der Waals surface area contributed by atoms with Crippen molar-refractivity contribution in [2.45, 2.75) is 26.4 Å². The predicted molar refractivity (Wildman–Crippen MR) is 56.7 cm³/mol. The minimum atomic E-state index is -0.226. The molecular weight excluding hydrogens is 232 g/mol. The molecular formula is C9H13BrN2O. The molecule has 1 aromatic heterocycles. The molecule has 0 amide bonds. The molecule has 4 heteroatoms. The van der Waals surface area contributed by atoms with Crippen LogP contribution < -0.4 is 10.5 Å². The van der Waals surface area contributed by atoms with E-state index in [4.69, 9.17) is 10.5 Å². The predicted octanol–water partition coefficient (Wildman–Crippen LogP) is 2.60. The average Bonchev–Trinajstić information content (AvgIpc) is 1.94. The molecule has 1 heterocycles. The molecule has 3 nitrogen and oxygen atoms in total. The third-order valence-corrected chi connectivity index (χ3v) is 1.85. The van der Waals surface area contributed by atoms with E-state index in [0.717, 1.165) is 10.2 Å². The van der Waals surface area contributed by atoms with E-state index < -0.39 is 0 Å². The number of halogens is 1. The van der Waals surface area contributed by atoms with Crippen LogP contribution in [0.1, 0.15) is 20.8 Å². The van der Waals surface area contributed by atoms with Crippen LogP contribution in [0.15, 0.2) is 16.7 Å². The lowest BCUT2D eigenvalue weighted by Crippen LogP contribution is -2.23. The molecule has 72 valence electrons. The second kappa shape index (κ2) is 3.54. The van der Waals surface area contributed by atoms with E-state index >= 15 is 0 Å². The SMILES string of the molecule is CC(C)(C)Oc1cc(N)ncc1Br. The zero-order chi connectivity index (χ0) is 10.1. The third kappa shape index (κ3) is 3.22. The molecule has 0 aliphatic rings. The zero-order valence-corrected chi connectivity index (χ0v) is 9.55. The van der Waals surface area contributed by atoms with Gasteiger partial charge in [0.1, 0.15) is 17.2 Å². The van der Waals surface area contributed by atoms with Gasteiger partial charge in [0, 0.05) is 12.3 Å². The number of nitrogens with zero attached hydrogens (tertiary/aromatic N) is 1. The van der Waals surface area contributed by atoms with E-state index in [1.807, 2.05) is 20.8 Å². The summed E-state index contributed by atoms with van der Waals surface area (Å²) in [6.07, 6.45) is 1.64. The molecule has 0 bridgehead atoms. The molecule has 0 saturated carbocycles. The second-order valence-electron chi connectivity index (χ2n) is 3.75. The van der Waals surface area contributed by atoms with Crippen molar-refractivity contribution in [3.05, 3.63) is 16.7 Å². The fraction of sp³-hybridized carbons (Fsp3) is 0.444. The summed E-state index contributed by atoms with van der Waals surface area (Å²) in [7, 11) is 0. The lowest BCUT2D eigenvalue weighted by molar-refractivity contribution is 0.130. The lowest BCUT2D eigenvalue weighted by Gasteiger charge is -2.22. The van der Waals surface area contributed by atoms with Gasteiger partial charge in [-0.15, -0.1) is 0 Å².